The molecule has 1 amide bonds. The molecule has 0 aliphatic carbocycles. The summed E-state index contributed by atoms with van der Waals surface area (Å²) in [5.74, 6) is 0.0586. The molecule has 3 heterocycles. The number of H-pyrrole nitrogens is 1. The molecule has 0 aliphatic rings. The van der Waals surface area contributed by atoms with Crippen molar-refractivity contribution in [2.24, 2.45) is 0 Å². The van der Waals surface area contributed by atoms with Crippen molar-refractivity contribution in [3.8, 4) is 0 Å². The highest BCUT2D eigenvalue weighted by Crippen LogP contribution is 2.13. The highest BCUT2D eigenvalue weighted by Gasteiger charge is 2.18. The van der Waals surface area contributed by atoms with E-state index in [1.807, 2.05) is 0 Å². The number of amides is 1. The second-order valence-electron chi connectivity index (χ2n) is 6.65. The van der Waals surface area contributed by atoms with Gasteiger partial charge >= 0.3 is 0 Å². The van der Waals surface area contributed by atoms with E-state index in [1.165, 1.54) is 34.2 Å². The van der Waals surface area contributed by atoms with Crippen LogP contribution in [0.3, 0.4) is 0 Å². The molecule has 0 aliphatic heterocycles. The molecule has 1 N–H and O–H groups in total. The van der Waals surface area contributed by atoms with Gasteiger partial charge < -0.3 is 14.6 Å². The fourth-order valence-electron chi connectivity index (χ4n) is 3.14. The molecule has 0 spiro atoms. The van der Waals surface area contributed by atoms with Crippen molar-refractivity contribution in [2.75, 3.05) is 20.3 Å². The molecule has 0 fully saturated rings. The fraction of sp³-hybridized carbons (Fsp3) is 0.250. The molecule has 0 radical (unpaired) electrons. The lowest BCUT2D eigenvalue weighted by atomic mass is 10.2. The Bertz CT molecular complexity index is 1330. The van der Waals surface area contributed by atoms with Crippen LogP contribution >= 0.6 is 11.3 Å². The quantitative estimate of drug-likeness (QED) is 0.479. The van der Waals surface area contributed by atoms with E-state index in [0.29, 0.717) is 33.6 Å². The number of fused-ring (bicyclic) bond motifs is 2. The molecule has 1 aromatic carbocycles. The Hall–Kier alpha value is -3.37. The Balaban J connectivity index is 1.60. The van der Waals surface area contributed by atoms with Gasteiger partial charge in [-0.25, -0.2) is 9.97 Å². The van der Waals surface area contributed by atoms with Crippen molar-refractivity contribution >= 4 is 38.4 Å². The van der Waals surface area contributed by atoms with Crippen LogP contribution in [0.25, 0.3) is 21.1 Å². The van der Waals surface area contributed by atoms with Crippen LogP contribution in [0.5, 0.6) is 0 Å². The number of aromatic amines is 1. The minimum absolute atomic E-state index is 0.0884. The van der Waals surface area contributed by atoms with Crippen molar-refractivity contribution in [3.05, 3.63) is 68.6 Å². The molecule has 0 unspecified atom stereocenters. The number of hydrogen-bond acceptors (Lipinski definition) is 7. The highest BCUT2D eigenvalue weighted by atomic mass is 32.1. The number of methoxy groups -OCH3 is 1. The summed E-state index contributed by atoms with van der Waals surface area (Å²) in [6, 6.07) is 8.70. The Morgan fingerprint density at radius 2 is 2.07 bits per heavy atom. The lowest BCUT2D eigenvalue weighted by Gasteiger charge is -2.22. The minimum Gasteiger partial charge on any atom is -0.383 e. The molecule has 0 saturated heterocycles. The second kappa shape index (κ2) is 8.56. The number of carbonyl (C=O) groups excluding carboxylic acids is 1. The van der Waals surface area contributed by atoms with Crippen LogP contribution in [-0.2, 0) is 22.6 Å². The Morgan fingerprint density at radius 3 is 2.90 bits per heavy atom. The lowest BCUT2D eigenvalue weighted by molar-refractivity contribution is -0.133. The van der Waals surface area contributed by atoms with E-state index >= 15 is 0 Å². The standard InChI is InChI=1S/C20H19N5O4S/c1-29-8-7-24(10-16-22-15-5-3-2-4-13(15)18(27)23-16)17(26)11-25-12-21-19-14(20(25)28)6-9-30-19/h2-6,9,12H,7-8,10-11H2,1H3,(H,22,23,27). The summed E-state index contributed by atoms with van der Waals surface area (Å²) in [5.41, 5.74) is 0.0234. The van der Waals surface area contributed by atoms with Gasteiger partial charge in [-0.15, -0.1) is 11.3 Å². The molecule has 0 atom stereocenters. The Labute approximate surface area is 174 Å². The molecule has 4 rings (SSSR count). The molecule has 3 aromatic heterocycles. The summed E-state index contributed by atoms with van der Waals surface area (Å²) in [6.45, 7) is 0.513. The van der Waals surface area contributed by atoms with E-state index in [1.54, 1.807) is 35.7 Å². The van der Waals surface area contributed by atoms with Crippen LogP contribution in [0.4, 0.5) is 0 Å². The van der Waals surface area contributed by atoms with Gasteiger partial charge in [0, 0.05) is 13.7 Å². The highest BCUT2D eigenvalue weighted by molar-refractivity contribution is 7.16. The lowest BCUT2D eigenvalue weighted by Crippen LogP contribution is -2.38. The topological polar surface area (TPSA) is 110 Å². The number of ether oxygens (including phenoxy) is 1. The summed E-state index contributed by atoms with van der Waals surface area (Å²) >= 11 is 1.37. The van der Waals surface area contributed by atoms with Crippen molar-refractivity contribution < 1.29 is 9.53 Å². The van der Waals surface area contributed by atoms with E-state index in [0.717, 1.165) is 0 Å². The number of para-hydroxylation sites is 1. The van der Waals surface area contributed by atoms with Crippen molar-refractivity contribution in [2.45, 2.75) is 13.1 Å². The first-order valence-electron chi connectivity index (χ1n) is 9.24. The van der Waals surface area contributed by atoms with Gasteiger partial charge in [0.25, 0.3) is 11.1 Å². The fourth-order valence-corrected chi connectivity index (χ4v) is 3.86. The maximum Gasteiger partial charge on any atom is 0.262 e. The number of carbonyl (C=O) groups is 1. The molecular weight excluding hydrogens is 406 g/mol. The number of hydrogen-bond donors (Lipinski definition) is 1. The number of nitrogens with one attached hydrogen (secondary N) is 1. The van der Waals surface area contributed by atoms with Gasteiger partial charge in [0.05, 0.1) is 35.8 Å². The third-order valence-electron chi connectivity index (χ3n) is 4.68. The molecule has 0 saturated carbocycles. The monoisotopic (exact) mass is 425 g/mol. The zero-order chi connectivity index (χ0) is 21.1. The molecule has 9 nitrogen and oxygen atoms in total. The van der Waals surface area contributed by atoms with E-state index in [9.17, 15) is 14.4 Å². The third kappa shape index (κ3) is 4.00. The predicted octanol–water partition coefficient (Wildman–Crippen LogP) is 1.37. The SMILES string of the molecule is COCCN(Cc1nc2ccccc2c(=O)[nH]1)C(=O)Cn1cnc2sccc2c1=O. The van der Waals surface area contributed by atoms with Gasteiger partial charge in [-0.3, -0.25) is 19.0 Å². The number of nitrogens with zero attached hydrogens (tertiary/aromatic N) is 4. The van der Waals surface area contributed by atoms with Crippen molar-refractivity contribution in [1.82, 2.24) is 24.4 Å². The number of thiophene rings is 1. The smallest absolute Gasteiger partial charge is 0.262 e. The predicted molar refractivity (Wildman–Crippen MR) is 114 cm³/mol. The van der Waals surface area contributed by atoms with E-state index < -0.39 is 0 Å². The van der Waals surface area contributed by atoms with Crippen molar-refractivity contribution in [3.63, 3.8) is 0 Å². The first-order chi connectivity index (χ1) is 14.6. The summed E-state index contributed by atoms with van der Waals surface area (Å²) in [6.07, 6.45) is 1.38. The zero-order valence-electron chi connectivity index (χ0n) is 16.2. The molecule has 30 heavy (non-hydrogen) atoms. The van der Waals surface area contributed by atoms with Gasteiger partial charge in [0.2, 0.25) is 5.91 Å². The first kappa shape index (κ1) is 19.9. The molecule has 154 valence electrons. The van der Waals surface area contributed by atoms with E-state index in [2.05, 4.69) is 15.0 Å². The largest absolute Gasteiger partial charge is 0.383 e. The van der Waals surface area contributed by atoms with Crippen LogP contribution in [-0.4, -0.2) is 50.6 Å². The number of rotatable bonds is 7. The summed E-state index contributed by atoms with van der Waals surface area (Å²) in [7, 11) is 1.54. The average molecular weight is 425 g/mol. The molecular formula is C20H19N5O4S. The third-order valence-corrected chi connectivity index (χ3v) is 5.50. The van der Waals surface area contributed by atoms with Crippen LogP contribution in [0, 0.1) is 0 Å². The summed E-state index contributed by atoms with van der Waals surface area (Å²) in [4.78, 5) is 51.4. The van der Waals surface area contributed by atoms with Crippen LogP contribution < -0.4 is 11.1 Å². The zero-order valence-corrected chi connectivity index (χ0v) is 17.0. The van der Waals surface area contributed by atoms with Crippen LogP contribution in [0.2, 0.25) is 0 Å². The summed E-state index contributed by atoms with van der Waals surface area (Å²) < 4.78 is 6.40. The minimum atomic E-state index is -0.304. The van der Waals surface area contributed by atoms with Gasteiger partial charge in [-0.1, -0.05) is 12.1 Å². The number of benzene rings is 1. The van der Waals surface area contributed by atoms with Gasteiger partial charge in [0.15, 0.2) is 0 Å². The maximum atomic E-state index is 13.0. The van der Waals surface area contributed by atoms with Gasteiger partial charge in [-0.2, -0.15) is 0 Å². The average Bonchev–Trinajstić information content (AvgIpc) is 3.23. The van der Waals surface area contributed by atoms with Gasteiger partial charge in [-0.05, 0) is 23.6 Å². The van der Waals surface area contributed by atoms with Crippen LogP contribution in [0.15, 0.2) is 51.6 Å². The van der Waals surface area contributed by atoms with Crippen LogP contribution in [0.1, 0.15) is 5.82 Å². The van der Waals surface area contributed by atoms with E-state index in [4.69, 9.17) is 4.74 Å². The Morgan fingerprint density at radius 1 is 1.23 bits per heavy atom. The number of aromatic nitrogens is 4. The first-order valence-corrected chi connectivity index (χ1v) is 10.1. The molecule has 4 aromatic rings. The normalized spacial score (nSPS) is 11.2. The molecule has 0 bridgehead atoms. The maximum absolute atomic E-state index is 13.0. The molecule has 10 heteroatoms. The van der Waals surface area contributed by atoms with Gasteiger partial charge in [0.1, 0.15) is 17.2 Å². The van der Waals surface area contributed by atoms with Crippen molar-refractivity contribution in [1.29, 1.82) is 0 Å². The second-order valence-corrected chi connectivity index (χ2v) is 7.55. The van der Waals surface area contributed by atoms with E-state index in [-0.39, 0.29) is 36.7 Å². The summed E-state index contributed by atoms with van der Waals surface area (Å²) in [5, 5.41) is 2.76. The Kier molecular flexibility index (Phi) is 5.68.